The molecule has 1 aliphatic heterocycles. The first-order chi connectivity index (χ1) is 6.36. The number of nitrogens with two attached hydrogens (primary N) is 1. The fraction of sp³-hybridized carbons (Fsp3) is 1.00. The van der Waals surface area contributed by atoms with Crippen LogP contribution in [0.5, 0.6) is 0 Å². The molecular formula is C11H22N2. The maximum absolute atomic E-state index is 6.03. The van der Waals surface area contributed by atoms with Crippen LogP contribution < -0.4 is 11.1 Å². The van der Waals surface area contributed by atoms with Crippen LogP contribution in [0.15, 0.2) is 0 Å². The zero-order valence-corrected chi connectivity index (χ0v) is 8.47. The molecule has 2 rings (SSSR count). The minimum atomic E-state index is 0.432. The Morgan fingerprint density at radius 3 is 2.46 bits per heavy atom. The Balaban J connectivity index is 1.75. The highest BCUT2D eigenvalue weighted by molar-refractivity contribution is 4.85. The second kappa shape index (κ2) is 4.43. The lowest BCUT2D eigenvalue weighted by Crippen LogP contribution is -2.30. The van der Waals surface area contributed by atoms with E-state index < -0.39 is 0 Å². The molecule has 0 unspecified atom stereocenters. The Labute approximate surface area is 81.3 Å². The van der Waals surface area contributed by atoms with E-state index in [4.69, 9.17) is 5.73 Å². The highest BCUT2D eigenvalue weighted by Crippen LogP contribution is 2.30. The van der Waals surface area contributed by atoms with E-state index in [1.807, 2.05) is 0 Å². The molecule has 0 aromatic carbocycles. The van der Waals surface area contributed by atoms with Crippen LogP contribution in [0, 0.1) is 11.8 Å². The molecule has 1 aliphatic carbocycles. The molecule has 1 saturated heterocycles. The normalized spacial score (nSPS) is 36.7. The van der Waals surface area contributed by atoms with Gasteiger partial charge in [-0.2, -0.15) is 0 Å². The van der Waals surface area contributed by atoms with E-state index in [0.717, 1.165) is 24.9 Å². The molecule has 0 aromatic heterocycles. The lowest BCUT2D eigenvalue weighted by molar-refractivity contribution is 0.286. The van der Waals surface area contributed by atoms with Crippen LogP contribution in [-0.4, -0.2) is 19.1 Å². The fourth-order valence-electron chi connectivity index (χ4n) is 2.86. The van der Waals surface area contributed by atoms with Gasteiger partial charge in [0, 0.05) is 12.6 Å². The minimum Gasteiger partial charge on any atom is -0.326 e. The van der Waals surface area contributed by atoms with Crippen LogP contribution in [0.3, 0.4) is 0 Å². The quantitative estimate of drug-likeness (QED) is 0.679. The molecule has 0 spiro atoms. The van der Waals surface area contributed by atoms with E-state index in [1.165, 1.54) is 38.5 Å². The Kier molecular flexibility index (Phi) is 3.23. The molecule has 1 heterocycles. The Hall–Kier alpha value is -0.0800. The smallest absolute Gasteiger partial charge is 0.0206 e. The first-order valence-electron chi connectivity index (χ1n) is 5.82. The van der Waals surface area contributed by atoms with Crippen molar-refractivity contribution in [3.8, 4) is 0 Å². The summed E-state index contributed by atoms with van der Waals surface area (Å²) >= 11 is 0. The summed E-state index contributed by atoms with van der Waals surface area (Å²) in [5.74, 6) is 1.76. The Morgan fingerprint density at radius 1 is 1.08 bits per heavy atom. The van der Waals surface area contributed by atoms with Gasteiger partial charge in [0.15, 0.2) is 0 Å². The molecule has 3 N–H and O–H groups in total. The first kappa shape index (κ1) is 9.47. The van der Waals surface area contributed by atoms with Crippen LogP contribution in [0.1, 0.15) is 38.5 Å². The molecule has 0 radical (unpaired) electrons. The van der Waals surface area contributed by atoms with Crippen LogP contribution in [-0.2, 0) is 0 Å². The topological polar surface area (TPSA) is 38.0 Å². The molecule has 1 saturated carbocycles. The third kappa shape index (κ3) is 2.44. The van der Waals surface area contributed by atoms with Gasteiger partial charge in [-0.3, -0.25) is 0 Å². The monoisotopic (exact) mass is 182 g/mol. The van der Waals surface area contributed by atoms with Gasteiger partial charge in [-0.05, 0) is 24.8 Å². The van der Waals surface area contributed by atoms with E-state index in [0.29, 0.717) is 6.04 Å². The summed E-state index contributed by atoms with van der Waals surface area (Å²) in [6.45, 7) is 2.20. The molecule has 2 aliphatic rings. The molecule has 0 bridgehead atoms. The second-order valence-electron chi connectivity index (χ2n) is 4.82. The van der Waals surface area contributed by atoms with E-state index >= 15 is 0 Å². The third-order valence-corrected chi connectivity index (χ3v) is 3.75. The predicted octanol–water partition coefficient (Wildman–Crippen LogP) is 1.50. The van der Waals surface area contributed by atoms with Crippen molar-refractivity contribution in [1.82, 2.24) is 5.32 Å². The summed E-state index contributed by atoms with van der Waals surface area (Å²) < 4.78 is 0. The van der Waals surface area contributed by atoms with Crippen molar-refractivity contribution in [1.29, 1.82) is 0 Å². The van der Waals surface area contributed by atoms with Gasteiger partial charge >= 0.3 is 0 Å². The van der Waals surface area contributed by atoms with E-state index in [9.17, 15) is 0 Å². The van der Waals surface area contributed by atoms with Gasteiger partial charge in [0.1, 0.15) is 0 Å². The van der Waals surface area contributed by atoms with Gasteiger partial charge < -0.3 is 11.1 Å². The standard InChI is InChI=1S/C11H22N2/c12-11-8-13-7-10(11)6-9-4-2-1-3-5-9/h9-11,13H,1-8,12H2/t10-,11+/m0/s1. The molecule has 2 atom stereocenters. The maximum Gasteiger partial charge on any atom is 0.0206 e. The molecular weight excluding hydrogens is 160 g/mol. The summed E-state index contributed by atoms with van der Waals surface area (Å²) in [4.78, 5) is 0. The van der Waals surface area contributed by atoms with Crippen molar-refractivity contribution < 1.29 is 0 Å². The average molecular weight is 182 g/mol. The number of hydrogen-bond donors (Lipinski definition) is 2. The molecule has 2 fully saturated rings. The molecule has 76 valence electrons. The van der Waals surface area contributed by atoms with Crippen LogP contribution in [0.25, 0.3) is 0 Å². The highest BCUT2D eigenvalue weighted by atomic mass is 15.0. The van der Waals surface area contributed by atoms with Gasteiger partial charge in [0.2, 0.25) is 0 Å². The number of hydrogen-bond acceptors (Lipinski definition) is 2. The summed E-state index contributed by atoms with van der Waals surface area (Å²) in [7, 11) is 0. The molecule has 0 amide bonds. The van der Waals surface area contributed by atoms with E-state index in [2.05, 4.69) is 5.32 Å². The zero-order valence-electron chi connectivity index (χ0n) is 8.47. The van der Waals surface area contributed by atoms with Crippen molar-refractivity contribution in [2.45, 2.75) is 44.6 Å². The summed E-state index contributed by atoms with van der Waals surface area (Å²) in [6, 6.07) is 0.432. The second-order valence-corrected chi connectivity index (χ2v) is 4.82. The van der Waals surface area contributed by atoms with Crippen molar-refractivity contribution in [2.24, 2.45) is 17.6 Å². The first-order valence-corrected chi connectivity index (χ1v) is 5.82. The number of rotatable bonds is 2. The maximum atomic E-state index is 6.03. The lowest BCUT2D eigenvalue weighted by atomic mass is 9.81. The van der Waals surface area contributed by atoms with Crippen molar-refractivity contribution >= 4 is 0 Å². The largest absolute Gasteiger partial charge is 0.326 e. The molecule has 13 heavy (non-hydrogen) atoms. The fourth-order valence-corrected chi connectivity index (χ4v) is 2.86. The van der Waals surface area contributed by atoms with Crippen molar-refractivity contribution in [3.63, 3.8) is 0 Å². The average Bonchev–Trinajstić information content (AvgIpc) is 2.54. The Bertz CT molecular complexity index is 152. The molecule has 2 heteroatoms. The molecule has 2 nitrogen and oxygen atoms in total. The van der Waals surface area contributed by atoms with Gasteiger partial charge in [-0.15, -0.1) is 0 Å². The zero-order chi connectivity index (χ0) is 9.10. The highest BCUT2D eigenvalue weighted by Gasteiger charge is 2.26. The van der Waals surface area contributed by atoms with Gasteiger partial charge in [0.05, 0.1) is 0 Å². The third-order valence-electron chi connectivity index (χ3n) is 3.75. The summed E-state index contributed by atoms with van der Waals surface area (Å²) in [5.41, 5.74) is 6.03. The molecule has 0 aromatic rings. The van der Waals surface area contributed by atoms with Gasteiger partial charge in [0.25, 0.3) is 0 Å². The van der Waals surface area contributed by atoms with Crippen molar-refractivity contribution in [2.75, 3.05) is 13.1 Å². The number of nitrogens with one attached hydrogen (secondary N) is 1. The SMILES string of the molecule is N[C@@H]1CNC[C@@H]1CC1CCCCC1. The van der Waals surface area contributed by atoms with Gasteiger partial charge in [-0.1, -0.05) is 32.1 Å². The van der Waals surface area contributed by atoms with Crippen molar-refractivity contribution in [3.05, 3.63) is 0 Å². The predicted molar refractivity (Wildman–Crippen MR) is 55.5 cm³/mol. The summed E-state index contributed by atoms with van der Waals surface area (Å²) in [6.07, 6.45) is 8.69. The van der Waals surface area contributed by atoms with Crippen LogP contribution in [0.2, 0.25) is 0 Å². The van der Waals surface area contributed by atoms with E-state index in [-0.39, 0.29) is 0 Å². The van der Waals surface area contributed by atoms with Crippen LogP contribution in [0.4, 0.5) is 0 Å². The van der Waals surface area contributed by atoms with Crippen LogP contribution >= 0.6 is 0 Å². The van der Waals surface area contributed by atoms with Gasteiger partial charge in [-0.25, -0.2) is 0 Å². The van der Waals surface area contributed by atoms with E-state index in [1.54, 1.807) is 0 Å². The Morgan fingerprint density at radius 2 is 1.85 bits per heavy atom. The lowest BCUT2D eigenvalue weighted by Gasteiger charge is -2.25. The summed E-state index contributed by atoms with van der Waals surface area (Å²) in [5, 5.41) is 3.39. The minimum absolute atomic E-state index is 0.432.